The van der Waals surface area contributed by atoms with E-state index in [9.17, 15) is 4.79 Å². The van der Waals surface area contributed by atoms with Gasteiger partial charge in [-0.1, -0.05) is 0 Å². The average Bonchev–Trinajstić information content (AvgIpc) is 2.78. The van der Waals surface area contributed by atoms with Gasteiger partial charge in [0.05, 0.1) is 6.61 Å². The Morgan fingerprint density at radius 1 is 1.59 bits per heavy atom. The molecule has 1 saturated heterocycles. The van der Waals surface area contributed by atoms with Gasteiger partial charge in [0.2, 0.25) is 0 Å². The molecule has 17 heavy (non-hydrogen) atoms. The number of piperidine rings is 1. The molecule has 6 heteroatoms. The number of aromatic amines is 1. The fourth-order valence-electron chi connectivity index (χ4n) is 2.12. The molecule has 6 nitrogen and oxygen atoms in total. The first kappa shape index (κ1) is 12.0. The summed E-state index contributed by atoms with van der Waals surface area (Å²) >= 11 is 0. The van der Waals surface area contributed by atoms with E-state index in [-0.39, 0.29) is 5.82 Å². The number of carbonyl (C=O) groups is 1. The highest BCUT2D eigenvalue weighted by Gasteiger charge is 2.24. The third kappa shape index (κ3) is 2.82. The van der Waals surface area contributed by atoms with Gasteiger partial charge in [-0.25, -0.2) is 9.78 Å². The van der Waals surface area contributed by atoms with E-state index in [1.165, 1.54) is 0 Å². The predicted molar refractivity (Wildman–Crippen MR) is 61.8 cm³/mol. The van der Waals surface area contributed by atoms with Crippen molar-refractivity contribution in [3.05, 3.63) is 11.6 Å². The lowest BCUT2D eigenvalue weighted by molar-refractivity contribution is 0.0512. The largest absolute Gasteiger partial charge is 0.460 e. The molecule has 1 aliphatic rings. The summed E-state index contributed by atoms with van der Waals surface area (Å²) in [5.74, 6) is 0.813. The minimum absolute atomic E-state index is 0.132. The van der Waals surface area contributed by atoms with Crippen molar-refractivity contribution in [2.75, 3.05) is 13.2 Å². The highest BCUT2D eigenvalue weighted by Crippen LogP contribution is 2.24. The van der Waals surface area contributed by atoms with Gasteiger partial charge in [-0.05, 0) is 33.2 Å². The lowest BCUT2D eigenvalue weighted by Gasteiger charge is -2.26. The van der Waals surface area contributed by atoms with E-state index in [4.69, 9.17) is 4.74 Å². The Morgan fingerprint density at radius 2 is 2.41 bits per heavy atom. The van der Waals surface area contributed by atoms with Crippen molar-refractivity contribution in [1.29, 1.82) is 0 Å². The zero-order valence-corrected chi connectivity index (χ0v) is 10.2. The van der Waals surface area contributed by atoms with E-state index < -0.39 is 5.97 Å². The first-order chi connectivity index (χ1) is 8.20. The molecule has 0 amide bonds. The molecule has 0 aliphatic carbocycles. The summed E-state index contributed by atoms with van der Waals surface area (Å²) in [6.45, 7) is 5.23. The van der Waals surface area contributed by atoms with Crippen LogP contribution in [0.1, 0.15) is 49.1 Å². The normalized spacial score (nSPS) is 24.6. The number of H-pyrrole nitrogens is 1. The fraction of sp³-hybridized carbons (Fsp3) is 0.727. The summed E-state index contributed by atoms with van der Waals surface area (Å²) in [5.41, 5.74) is 0. The number of hydrogen-bond donors (Lipinski definition) is 2. The first-order valence-corrected chi connectivity index (χ1v) is 6.03. The van der Waals surface area contributed by atoms with Crippen LogP contribution >= 0.6 is 0 Å². The number of nitrogens with zero attached hydrogens (tertiary/aromatic N) is 2. The minimum atomic E-state index is -0.461. The van der Waals surface area contributed by atoms with Crippen LogP contribution in [-0.2, 0) is 4.74 Å². The lowest BCUT2D eigenvalue weighted by Crippen LogP contribution is -2.35. The Kier molecular flexibility index (Phi) is 3.73. The van der Waals surface area contributed by atoms with Gasteiger partial charge in [-0.3, -0.25) is 5.10 Å². The standard InChI is InChI=1S/C11H18N4O2/c1-3-17-11(16)10-13-9(14-15-10)8-4-5-12-7(2)6-8/h7-8,12H,3-6H2,1-2H3,(H,13,14,15). The van der Waals surface area contributed by atoms with E-state index in [1.54, 1.807) is 6.92 Å². The molecule has 0 spiro atoms. The van der Waals surface area contributed by atoms with Gasteiger partial charge in [-0.2, -0.15) is 0 Å². The van der Waals surface area contributed by atoms with E-state index in [0.717, 1.165) is 25.2 Å². The molecule has 2 atom stereocenters. The van der Waals surface area contributed by atoms with E-state index in [0.29, 0.717) is 18.6 Å². The Labute approximate surface area is 100 Å². The van der Waals surface area contributed by atoms with Gasteiger partial charge in [-0.15, -0.1) is 5.10 Å². The Balaban J connectivity index is 2.04. The third-order valence-corrected chi connectivity index (χ3v) is 2.97. The van der Waals surface area contributed by atoms with Gasteiger partial charge in [0, 0.05) is 12.0 Å². The number of carbonyl (C=O) groups excluding carboxylic acids is 1. The highest BCUT2D eigenvalue weighted by atomic mass is 16.5. The van der Waals surface area contributed by atoms with Crippen LogP contribution in [0.15, 0.2) is 0 Å². The minimum Gasteiger partial charge on any atom is -0.460 e. The molecule has 1 fully saturated rings. The zero-order chi connectivity index (χ0) is 12.3. The Hall–Kier alpha value is -1.43. The molecule has 2 heterocycles. The lowest BCUT2D eigenvalue weighted by atomic mass is 9.93. The molecular formula is C11H18N4O2. The Morgan fingerprint density at radius 3 is 3.12 bits per heavy atom. The Bertz CT molecular complexity index is 391. The first-order valence-electron chi connectivity index (χ1n) is 6.03. The number of ether oxygens (including phenoxy) is 1. The van der Waals surface area contributed by atoms with Crippen LogP contribution < -0.4 is 5.32 Å². The SMILES string of the molecule is CCOC(=O)c1n[nH]c(C2CCNC(C)C2)n1. The van der Waals surface area contributed by atoms with Gasteiger partial charge in [0.1, 0.15) is 5.82 Å². The van der Waals surface area contributed by atoms with Crippen LogP contribution in [0.25, 0.3) is 0 Å². The summed E-state index contributed by atoms with van der Waals surface area (Å²) in [4.78, 5) is 15.6. The number of nitrogens with one attached hydrogen (secondary N) is 2. The molecule has 94 valence electrons. The molecule has 0 aromatic carbocycles. The molecule has 0 radical (unpaired) electrons. The van der Waals surface area contributed by atoms with Crippen LogP contribution in [0, 0.1) is 0 Å². The monoisotopic (exact) mass is 238 g/mol. The number of esters is 1. The van der Waals surface area contributed by atoms with Crippen molar-refractivity contribution >= 4 is 5.97 Å². The van der Waals surface area contributed by atoms with Crippen molar-refractivity contribution in [3.63, 3.8) is 0 Å². The van der Waals surface area contributed by atoms with Gasteiger partial charge in [0.15, 0.2) is 0 Å². The molecule has 2 N–H and O–H groups in total. The number of aromatic nitrogens is 3. The second-order valence-corrected chi connectivity index (χ2v) is 4.34. The van der Waals surface area contributed by atoms with E-state index in [2.05, 4.69) is 27.4 Å². The second kappa shape index (κ2) is 5.27. The van der Waals surface area contributed by atoms with E-state index >= 15 is 0 Å². The van der Waals surface area contributed by atoms with Crippen LogP contribution in [0.3, 0.4) is 0 Å². The van der Waals surface area contributed by atoms with Gasteiger partial charge in [0.25, 0.3) is 5.82 Å². The fourth-order valence-corrected chi connectivity index (χ4v) is 2.12. The molecule has 0 saturated carbocycles. The smallest absolute Gasteiger partial charge is 0.378 e. The highest BCUT2D eigenvalue weighted by molar-refractivity contribution is 5.84. The molecule has 1 aliphatic heterocycles. The van der Waals surface area contributed by atoms with Crippen molar-refractivity contribution in [3.8, 4) is 0 Å². The summed E-state index contributed by atoms with van der Waals surface area (Å²) in [6, 6.07) is 0.477. The van der Waals surface area contributed by atoms with Gasteiger partial charge >= 0.3 is 5.97 Å². The van der Waals surface area contributed by atoms with E-state index in [1.807, 2.05) is 0 Å². The maximum Gasteiger partial charge on any atom is 0.378 e. The molecular weight excluding hydrogens is 220 g/mol. The summed E-state index contributed by atoms with van der Waals surface area (Å²) < 4.78 is 4.85. The molecule has 0 bridgehead atoms. The maximum absolute atomic E-state index is 11.4. The van der Waals surface area contributed by atoms with Crippen LogP contribution in [0.4, 0.5) is 0 Å². The molecule has 1 aromatic rings. The summed E-state index contributed by atoms with van der Waals surface area (Å²) in [6.07, 6.45) is 2.03. The number of hydrogen-bond acceptors (Lipinski definition) is 5. The maximum atomic E-state index is 11.4. The molecule has 2 unspecified atom stereocenters. The summed E-state index contributed by atoms with van der Waals surface area (Å²) in [5, 5.41) is 10.1. The van der Waals surface area contributed by atoms with Gasteiger partial charge < -0.3 is 10.1 Å². The van der Waals surface area contributed by atoms with Crippen LogP contribution in [-0.4, -0.2) is 40.3 Å². The van der Waals surface area contributed by atoms with Crippen LogP contribution in [0.2, 0.25) is 0 Å². The predicted octanol–water partition coefficient (Wildman–Crippen LogP) is 0.837. The summed E-state index contributed by atoms with van der Waals surface area (Å²) in [7, 11) is 0. The zero-order valence-electron chi connectivity index (χ0n) is 10.2. The topological polar surface area (TPSA) is 79.9 Å². The number of rotatable bonds is 3. The molecule has 1 aromatic heterocycles. The second-order valence-electron chi connectivity index (χ2n) is 4.34. The third-order valence-electron chi connectivity index (χ3n) is 2.97. The molecule has 2 rings (SSSR count). The van der Waals surface area contributed by atoms with Crippen molar-refractivity contribution < 1.29 is 9.53 Å². The van der Waals surface area contributed by atoms with Crippen molar-refractivity contribution in [2.24, 2.45) is 0 Å². The average molecular weight is 238 g/mol. The van der Waals surface area contributed by atoms with Crippen LogP contribution in [0.5, 0.6) is 0 Å². The van der Waals surface area contributed by atoms with Crippen molar-refractivity contribution in [1.82, 2.24) is 20.5 Å². The quantitative estimate of drug-likeness (QED) is 0.763. The van der Waals surface area contributed by atoms with Crippen molar-refractivity contribution in [2.45, 2.75) is 38.6 Å².